The lowest BCUT2D eigenvalue weighted by molar-refractivity contribution is 0.0901. The van der Waals surface area contributed by atoms with E-state index in [0.717, 1.165) is 0 Å². The molecule has 2 rings (SSSR count). The van der Waals surface area contributed by atoms with E-state index in [2.05, 4.69) is 9.97 Å². The molecule has 8 heteroatoms. The molecule has 1 aliphatic rings. The lowest BCUT2D eigenvalue weighted by atomic mass is 10.2. The Hall–Kier alpha value is -1.76. The van der Waals surface area contributed by atoms with Crippen LogP contribution in [0.1, 0.15) is 13.8 Å². The summed E-state index contributed by atoms with van der Waals surface area (Å²) in [5.74, 6) is 1.21. The number of hydrogen-bond donors (Lipinski definition) is 1. The van der Waals surface area contributed by atoms with Crippen LogP contribution >= 0.6 is 11.6 Å². The Kier molecular flexibility index (Phi) is 5.06. The SMILES string of the molecule is CC(C)COC(=O)N1CCN(c2ncnc(N)c2Cl)CC1. The summed E-state index contributed by atoms with van der Waals surface area (Å²) in [6, 6.07) is 0. The van der Waals surface area contributed by atoms with Gasteiger partial charge in [0, 0.05) is 26.2 Å². The number of piperazine rings is 1. The molecule has 116 valence electrons. The second-order valence-electron chi connectivity index (χ2n) is 5.34. The molecule has 0 radical (unpaired) electrons. The van der Waals surface area contributed by atoms with E-state index in [1.54, 1.807) is 4.90 Å². The fourth-order valence-electron chi connectivity index (χ4n) is 2.02. The van der Waals surface area contributed by atoms with Gasteiger partial charge in [0.05, 0.1) is 6.61 Å². The second kappa shape index (κ2) is 6.80. The Labute approximate surface area is 129 Å². The first-order valence-electron chi connectivity index (χ1n) is 6.91. The van der Waals surface area contributed by atoms with Gasteiger partial charge in [-0.15, -0.1) is 0 Å². The maximum absolute atomic E-state index is 11.9. The number of rotatable bonds is 3. The molecular weight excluding hydrogens is 294 g/mol. The van der Waals surface area contributed by atoms with Gasteiger partial charge in [-0.2, -0.15) is 0 Å². The third-order valence-corrected chi connectivity index (χ3v) is 3.54. The summed E-state index contributed by atoms with van der Waals surface area (Å²) in [6.07, 6.45) is 1.12. The fourth-order valence-corrected chi connectivity index (χ4v) is 2.24. The van der Waals surface area contributed by atoms with Gasteiger partial charge in [-0.25, -0.2) is 14.8 Å². The number of hydrogen-bond acceptors (Lipinski definition) is 6. The quantitative estimate of drug-likeness (QED) is 0.913. The van der Waals surface area contributed by atoms with Gasteiger partial charge in [0.15, 0.2) is 5.82 Å². The van der Waals surface area contributed by atoms with Gasteiger partial charge in [0.1, 0.15) is 17.2 Å². The minimum Gasteiger partial charge on any atom is -0.449 e. The Bertz CT molecular complexity index is 503. The summed E-state index contributed by atoms with van der Waals surface area (Å²) in [5, 5.41) is 0.355. The van der Waals surface area contributed by atoms with Gasteiger partial charge >= 0.3 is 6.09 Å². The van der Waals surface area contributed by atoms with Crippen LogP contribution in [-0.2, 0) is 4.74 Å². The van der Waals surface area contributed by atoms with Crippen LogP contribution in [0, 0.1) is 5.92 Å². The molecule has 0 aliphatic carbocycles. The topological polar surface area (TPSA) is 84.6 Å². The number of carbonyl (C=O) groups is 1. The average Bonchev–Trinajstić information content (AvgIpc) is 2.48. The molecule has 2 heterocycles. The van der Waals surface area contributed by atoms with Gasteiger partial charge in [-0.3, -0.25) is 0 Å². The van der Waals surface area contributed by atoms with E-state index in [1.807, 2.05) is 18.7 Å². The van der Waals surface area contributed by atoms with Crippen molar-refractivity contribution in [2.45, 2.75) is 13.8 Å². The summed E-state index contributed by atoms with van der Waals surface area (Å²) < 4.78 is 5.22. The standard InChI is InChI=1S/C13H20ClN5O2/c1-9(2)7-21-13(20)19-5-3-18(4-6-19)12-10(14)11(15)16-8-17-12/h8-9H,3-7H2,1-2H3,(H2,15,16,17). The highest BCUT2D eigenvalue weighted by Crippen LogP contribution is 2.27. The molecule has 1 fully saturated rings. The molecule has 0 unspecified atom stereocenters. The Morgan fingerprint density at radius 3 is 2.67 bits per heavy atom. The minimum atomic E-state index is -0.267. The van der Waals surface area contributed by atoms with Gasteiger partial charge in [0.2, 0.25) is 0 Å². The van der Waals surface area contributed by atoms with Gasteiger partial charge in [-0.05, 0) is 5.92 Å². The molecule has 1 aliphatic heterocycles. The summed E-state index contributed by atoms with van der Waals surface area (Å²) in [4.78, 5) is 23.6. The molecule has 1 aromatic heterocycles. The number of nitrogen functional groups attached to an aromatic ring is 1. The van der Waals surface area contributed by atoms with Crippen LogP contribution < -0.4 is 10.6 Å². The number of nitrogens with two attached hydrogens (primary N) is 1. The third kappa shape index (κ3) is 3.87. The van der Waals surface area contributed by atoms with Crippen molar-refractivity contribution in [1.29, 1.82) is 0 Å². The van der Waals surface area contributed by atoms with Crippen LogP contribution in [0.5, 0.6) is 0 Å². The molecule has 2 N–H and O–H groups in total. The zero-order chi connectivity index (χ0) is 15.4. The lowest BCUT2D eigenvalue weighted by Crippen LogP contribution is -2.49. The smallest absolute Gasteiger partial charge is 0.409 e. The number of carbonyl (C=O) groups excluding carboxylic acids is 1. The summed E-state index contributed by atoms with van der Waals surface area (Å²) in [7, 11) is 0. The van der Waals surface area contributed by atoms with Crippen LogP contribution in [0.2, 0.25) is 5.02 Å². The van der Waals surface area contributed by atoms with E-state index in [0.29, 0.717) is 49.5 Å². The maximum atomic E-state index is 11.9. The van der Waals surface area contributed by atoms with Crippen molar-refractivity contribution in [2.75, 3.05) is 43.4 Å². The molecule has 1 aromatic rings. The average molecular weight is 314 g/mol. The number of amides is 1. The number of nitrogens with zero attached hydrogens (tertiary/aromatic N) is 4. The van der Waals surface area contributed by atoms with Crippen molar-refractivity contribution < 1.29 is 9.53 Å². The first-order chi connectivity index (χ1) is 9.99. The van der Waals surface area contributed by atoms with Crippen LogP contribution in [0.15, 0.2) is 6.33 Å². The second-order valence-corrected chi connectivity index (χ2v) is 5.72. The molecule has 7 nitrogen and oxygen atoms in total. The van der Waals surface area contributed by atoms with Crippen molar-refractivity contribution in [3.05, 3.63) is 11.3 Å². The van der Waals surface area contributed by atoms with Crippen molar-refractivity contribution in [3.63, 3.8) is 0 Å². The zero-order valence-corrected chi connectivity index (χ0v) is 13.0. The van der Waals surface area contributed by atoms with E-state index in [4.69, 9.17) is 22.1 Å². The van der Waals surface area contributed by atoms with E-state index >= 15 is 0 Å². The first kappa shape index (κ1) is 15.6. The number of aromatic nitrogens is 2. The molecule has 0 spiro atoms. The van der Waals surface area contributed by atoms with Crippen LogP contribution in [0.25, 0.3) is 0 Å². The molecular formula is C13H20ClN5O2. The largest absolute Gasteiger partial charge is 0.449 e. The molecule has 0 atom stereocenters. The molecule has 0 saturated carbocycles. The molecule has 21 heavy (non-hydrogen) atoms. The van der Waals surface area contributed by atoms with Crippen molar-refractivity contribution >= 4 is 29.3 Å². The lowest BCUT2D eigenvalue weighted by Gasteiger charge is -2.35. The van der Waals surface area contributed by atoms with Crippen molar-refractivity contribution in [1.82, 2.24) is 14.9 Å². The molecule has 0 aromatic carbocycles. The zero-order valence-electron chi connectivity index (χ0n) is 12.3. The monoisotopic (exact) mass is 313 g/mol. The molecule has 0 bridgehead atoms. The summed E-state index contributed by atoms with van der Waals surface area (Å²) >= 11 is 6.11. The minimum absolute atomic E-state index is 0.264. The van der Waals surface area contributed by atoms with Gasteiger partial charge in [0.25, 0.3) is 0 Å². The van der Waals surface area contributed by atoms with E-state index in [-0.39, 0.29) is 11.9 Å². The van der Waals surface area contributed by atoms with E-state index in [1.165, 1.54) is 6.33 Å². The van der Waals surface area contributed by atoms with Crippen molar-refractivity contribution in [2.24, 2.45) is 5.92 Å². The highest BCUT2D eigenvalue weighted by Gasteiger charge is 2.24. The Morgan fingerprint density at radius 2 is 2.05 bits per heavy atom. The van der Waals surface area contributed by atoms with Crippen LogP contribution in [0.3, 0.4) is 0 Å². The molecule has 1 amide bonds. The van der Waals surface area contributed by atoms with E-state index < -0.39 is 0 Å². The highest BCUT2D eigenvalue weighted by molar-refractivity contribution is 6.35. The summed E-state index contributed by atoms with van der Waals surface area (Å²) in [6.45, 7) is 6.85. The van der Waals surface area contributed by atoms with Gasteiger partial charge in [-0.1, -0.05) is 25.4 Å². The maximum Gasteiger partial charge on any atom is 0.409 e. The Morgan fingerprint density at radius 1 is 1.38 bits per heavy atom. The number of ether oxygens (including phenoxy) is 1. The van der Waals surface area contributed by atoms with Crippen molar-refractivity contribution in [3.8, 4) is 0 Å². The predicted molar refractivity (Wildman–Crippen MR) is 81.4 cm³/mol. The third-order valence-electron chi connectivity index (χ3n) is 3.18. The number of halogens is 1. The first-order valence-corrected chi connectivity index (χ1v) is 7.29. The normalized spacial score (nSPS) is 15.4. The van der Waals surface area contributed by atoms with E-state index in [9.17, 15) is 4.79 Å². The summed E-state index contributed by atoms with van der Waals surface area (Å²) in [5.41, 5.74) is 5.68. The fraction of sp³-hybridized carbons (Fsp3) is 0.615. The number of anilines is 2. The van der Waals surface area contributed by atoms with Crippen LogP contribution in [-0.4, -0.2) is 53.7 Å². The van der Waals surface area contributed by atoms with Crippen LogP contribution in [0.4, 0.5) is 16.4 Å². The molecule has 1 saturated heterocycles. The Balaban J connectivity index is 1.91. The van der Waals surface area contributed by atoms with Gasteiger partial charge < -0.3 is 20.3 Å². The highest BCUT2D eigenvalue weighted by atomic mass is 35.5. The predicted octanol–water partition coefficient (Wildman–Crippen LogP) is 1.63.